The Hall–Kier alpha value is -3.07. The zero-order valence-electron chi connectivity index (χ0n) is 19.9. The van der Waals surface area contributed by atoms with Gasteiger partial charge in [-0.1, -0.05) is 42.3 Å². The van der Waals surface area contributed by atoms with E-state index in [-0.39, 0.29) is 16.8 Å². The van der Waals surface area contributed by atoms with Crippen LogP contribution < -0.4 is 15.5 Å². The maximum absolute atomic E-state index is 12.8. The maximum Gasteiger partial charge on any atom is 0.293 e. The van der Waals surface area contributed by atoms with Crippen LogP contribution in [-0.2, 0) is 4.79 Å². The van der Waals surface area contributed by atoms with E-state index in [1.807, 2.05) is 36.9 Å². The van der Waals surface area contributed by atoms with E-state index in [0.29, 0.717) is 54.1 Å². The van der Waals surface area contributed by atoms with E-state index >= 15 is 0 Å². The second-order valence-electron chi connectivity index (χ2n) is 8.42. The molecule has 0 aliphatic carbocycles. The van der Waals surface area contributed by atoms with E-state index in [1.54, 1.807) is 30.3 Å². The van der Waals surface area contributed by atoms with E-state index in [4.69, 9.17) is 39.8 Å². The highest BCUT2D eigenvalue weighted by Gasteiger charge is 2.22. The average Bonchev–Trinajstić information content (AvgIpc) is 3.36. The van der Waals surface area contributed by atoms with Crippen LogP contribution in [0.4, 0.5) is 11.4 Å². The number of halogens is 2. The summed E-state index contributed by atoms with van der Waals surface area (Å²) < 4.78 is 5.73. The molecule has 2 amide bonds. The predicted octanol–water partition coefficient (Wildman–Crippen LogP) is 5.75. The molecule has 0 atom stereocenters. The van der Waals surface area contributed by atoms with Gasteiger partial charge in [-0.05, 0) is 61.1 Å². The Labute approximate surface area is 225 Å². The molecule has 0 unspecified atom stereocenters. The Morgan fingerprint density at radius 1 is 1.03 bits per heavy atom. The van der Waals surface area contributed by atoms with Crippen molar-refractivity contribution < 1.29 is 14.0 Å². The van der Waals surface area contributed by atoms with Crippen LogP contribution in [0.2, 0.25) is 10.0 Å². The summed E-state index contributed by atoms with van der Waals surface area (Å²) in [7, 11) is 0. The number of furan rings is 1. The predicted molar refractivity (Wildman–Crippen MR) is 148 cm³/mol. The van der Waals surface area contributed by atoms with Crippen LogP contribution in [0.1, 0.15) is 29.5 Å². The molecule has 10 heteroatoms. The number of piperazine rings is 1. The molecule has 36 heavy (non-hydrogen) atoms. The van der Waals surface area contributed by atoms with Crippen molar-refractivity contribution in [2.24, 2.45) is 0 Å². The lowest BCUT2D eigenvalue weighted by molar-refractivity contribution is -0.131. The SMILES string of the molecule is CCC(=O)N1CCN(c2ccc(Cl)cc2NC(=S)NC(=O)c2ccc(-c3ccc(C)c(Cl)c3)o2)CC1. The summed E-state index contributed by atoms with van der Waals surface area (Å²) in [6.45, 7) is 6.43. The summed E-state index contributed by atoms with van der Waals surface area (Å²) >= 11 is 17.9. The van der Waals surface area contributed by atoms with Gasteiger partial charge in [-0.15, -0.1) is 0 Å². The molecule has 1 aliphatic heterocycles. The number of thiocarbonyl (C=S) groups is 1. The summed E-state index contributed by atoms with van der Waals surface area (Å²) in [5.74, 6) is 0.319. The third-order valence-electron chi connectivity index (χ3n) is 6.00. The summed E-state index contributed by atoms with van der Waals surface area (Å²) in [6.07, 6.45) is 0.498. The molecule has 1 fully saturated rings. The molecule has 0 spiro atoms. The zero-order chi connectivity index (χ0) is 25.8. The molecule has 188 valence electrons. The summed E-state index contributed by atoms with van der Waals surface area (Å²) in [6, 6.07) is 14.3. The van der Waals surface area contributed by atoms with Gasteiger partial charge in [0.05, 0.1) is 11.4 Å². The molecule has 2 N–H and O–H groups in total. The van der Waals surface area contributed by atoms with E-state index in [9.17, 15) is 9.59 Å². The highest BCUT2D eigenvalue weighted by atomic mass is 35.5. The van der Waals surface area contributed by atoms with Crippen molar-refractivity contribution in [3.8, 4) is 11.3 Å². The van der Waals surface area contributed by atoms with Crippen LogP contribution in [0.15, 0.2) is 52.9 Å². The molecule has 1 aliphatic rings. The van der Waals surface area contributed by atoms with Crippen molar-refractivity contribution in [3.63, 3.8) is 0 Å². The topological polar surface area (TPSA) is 77.8 Å². The first-order chi connectivity index (χ1) is 17.2. The molecule has 0 saturated carbocycles. The van der Waals surface area contributed by atoms with Gasteiger partial charge in [-0.25, -0.2) is 0 Å². The first-order valence-corrected chi connectivity index (χ1v) is 12.7. The highest BCUT2D eigenvalue weighted by molar-refractivity contribution is 7.80. The molecule has 2 heterocycles. The van der Waals surface area contributed by atoms with Crippen LogP contribution >= 0.6 is 35.4 Å². The lowest BCUT2D eigenvalue weighted by atomic mass is 10.1. The zero-order valence-corrected chi connectivity index (χ0v) is 22.3. The number of aryl methyl sites for hydroxylation is 1. The number of carbonyl (C=O) groups excluding carboxylic acids is 2. The normalized spacial score (nSPS) is 13.4. The van der Waals surface area contributed by atoms with Crippen molar-refractivity contribution in [2.75, 3.05) is 36.4 Å². The van der Waals surface area contributed by atoms with Crippen molar-refractivity contribution in [3.05, 3.63) is 69.9 Å². The van der Waals surface area contributed by atoms with E-state index in [1.165, 1.54) is 0 Å². The van der Waals surface area contributed by atoms with Crippen LogP contribution in [0, 0.1) is 6.92 Å². The van der Waals surface area contributed by atoms with Crippen molar-refractivity contribution >= 4 is 63.7 Å². The number of hydrogen-bond donors (Lipinski definition) is 2. The summed E-state index contributed by atoms with van der Waals surface area (Å²) in [5, 5.41) is 7.00. The first kappa shape index (κ1) is 26.0. The number of carbonyl (C=O) groups is 2. The molecule has 1 aromatic heterocycles. The van der Waals surface area contributed by atoms with Crippen LogP contribution in [0.3, 0.4) is 0 Å². The van der Waals surface area contributed by atoms with Gasteiger partial charge in [-0.3, -0.25) is 14.9 Å². The highest BCUT2D eigenvalue weighted by Crippen LogP contribution is 2.30. The standard InChI is InChI=1S/C26H26Cl2N4O3S/c1-3-24(33)32-12-10-31(11-13-32)21-7-6-18(27)15-20(21)29-26(36)30-25(34)23-9-8-22(35-23)17-5-4-16(2)19(28)14-17/h4-9,14-15H,3,10-13H2,1-2H3,(H2,29,30,34,36). The smallest absolute Gasteiger partial charge is 0.293 e. The van der Waals surface area contributed by atoms with Gasteiger partial charge in [0.1, 0.15) is 5.76 Å². The number of rotatable bonds is 5. The van der Waals surface area contributed by atoms with Gasteiger partial charge >= 0.3 is 0 Å². The van der Waals surface area contributed by atoms with Crippen molar-refractivity contribution in [1.29, 1.82) is 0 Å². The van der Waals surface area contributed by atoms with Crippen molar-refractivity contribution in [1.82, 2.24) is 10.2 Å². The quantitative estimate of drug-likeness (QED) is 0.398. The minimum absolute atomic E-state index is 0.111. The molecule has 4 rings (SSSR count). The van der Waals surface area contributed by atoms with Crippen LogP contribution in [0.25, 0.3) is 11.3 Å². The monoisotopic (exact) mass is 544 g/mol. The van der Waals surface area contributed by atoms with Gasteiger partial charge in [0.2, 0.25) is 5.91 Å². The molecule has 7 nitrogen and oxygen atoms in total. The molecule has 1 saturated heterocycles. The Bertz CT molecular complexity index is 1300. The molecular formula is C26H26Cl2N4O3S. The van der Waals surface area contributed by atoms with Gasteiger partial charge in [0.25, 0.3) is 5.91 Å². The summed E-state index contributed by atoms with van der Waals surface area (Å²) in [5.41, 5.74) is 3.28. The lowest BCUT2D eigenvalue weighted by Crippen LogP contribution is -2.48. The Morgan fingerprint density at radius 3 is 2.47 bits per heavy atom. The number of hydrogen-bond acceptors (Lipinski definition) is 5. The minimum atomic E-state index is -0.479. The lowest BCUT2D eigenvalue weighted by Gasteiger charge is -2.37. The maximum atomic E-state index is 12.8. The third-order valence-corrected chi connectivity index (χ3v) is 6.84. The van der Waals surface area contributed by atoms with Crippen LogP contribution in [0.5, 0.6) is 0 Å². The molecule has 0 radical (unpaired) electrons. The second-order valence-corrected chi connectivity index (χ2v) is 9.67. The largest absolute Gasteiger partial charge is 0.451 e. The van der Waals surface area contributed by atoms with Gasteiger partial charge in [-0.2, -0.15) is 0 Å². The Balaban J connectivity index is 1.42. The van der Waals surface area contributed by atoms with Crippen molar-refractivity contribution in [2.45, 2.75) is 20.3 Å². The van der Waals surface area contributed by atoms with Gasteiger partial charge < -0.3 is 19.5 Å². The molecular weight excluding hydrogens is 519 g/mol. The Kier molecular flexibility index (Phi) is 8.18. The molecule has 3 aromatic rings. The first-order valence-electron chi connectivity index (χ1n) is 11.6. The van der Waals surface area contributed by atoms with E-state index in [0.717, 1.165) is 16.8 Å². The minimum Gasteiger partial charge on any atom is -0.451 e. The van der Waals surface area contributed by atoms with E-state index in [2.05, 4.69) is 15.5 Å². The molecule has 0 bridgehead atoms. The number of nitrogens with one attached hydrogen (secondary N) is 2. The van der Waals surface area contributed by atoms with Crippen LogP contribution in [-0.4, -0.2) is 48.0 Å². The second kappa shape index (κ2) is 11.3. The number of benzene rings is 2. The number of anilines is 2. The number of amides is 2. The molecule has 2 aromatic carbocycles. The average molecular weight is 545 g/mol. The van der Waals surface area contributed by atoms with E-state index < -0.39 is 5.91 Å². The van der Waals surface area contributed by atoms with Gasteiger partial charge in [0.15, 0.2) is 10.9 Å². The fourth-order valence-corrected chi connectivity index (χ4v) is 4.54. The fraction of sp³-hybridized carbons (Fsp3) is 0.269. The third kappa shape index (κ3) is 6.00. The van der Waals surface area contributed by atoms with Gasteiger partial charge in [0, 0.05) is 48.2 Å². The Morgan fingerprint density at radius 2 is 1.78 bits per heavy atom. The fourth-order valence-electron chi connectivity index (χ4n) is 3.98. The number of nitrogens with zero attached hydrogens (tertiary/aromatic N) is 2. The summed E-state index contributed by atoms with van der Waals surface area (Å²) in [4.78, 5) is 28.8.